The number of rotatable bonds is 4. The number of benzene rings is 1. The molecular formula is C18H19ClN2O3S. The van der Waals surface area contributed by atoms with Gasteiger partial charge in [-0.15, -0.1) is 0 Å². The van der Waals surface area contributed by atoms with Crippen LogP contribution in [0.15, 0.2) is 41.0 Å². The number of ether oxygens (including phenoxy) is 1. The van der Waals surface area contributed by atoms with E-state index in [9.17, 15) is 4.79 Å². The first-order valence-electron chi connectivity index (χ1n) is 8.05. The molecule has 0 aliphatic heterocycles. The third kappa shape index (κ3) is 3.80. The van der Waals surface area contributed by atoms with E-state index in [4.69, 9.17) is 33.0 Å². The molecule has 1 saturated carbocycles. The average Bonchev–Trinajstić information content (AvgIpc) is 3.28. The summed E-state index contributed by atoms with van der Waals surface area (Å²) in [6.45, 7) is 0. The molecular weight excluding hydrogens is 360 g/mol. The third-order valence-corrected chi connectivity index (χ3v) is 4.97. The average molecular weight is 379 g/mol. The fraction of sp³-hybridized carbons (Fsp3) is 0.333. The van der Waals surface area contributed by atoms with Crippen molar-refractivity contribution in [1.29, 1.82) is 0 Å². The number of carbonyl (C=O) groups is 1. The van der Waals surface area contributed by atoms with Crippen LogP contribution in [-0.2, 0) is 10.3 Å². The molecule has 0 saturated heterocycles. The number of halogens is 1. The Hall–Kier alpha value is -2.05. The molecule has 1 aliphatic rings. The standard InChI is InChI=1S/C18H19ClN2O3S/c1-23-16(22)12-6-7-13(19)14(11-12)20-17(25)21-18(8-2-3-9-18)15-5-4-10-24-15/h4-7,10-11H,2-3,8-9H2,1H3,(H2,20,21,25). The van der Waals surface area contributed by atoms with Crippen LogP contribution >= 0.6 is 23.8 Å². The maximum absolute atomic E-state index is 11.7. The van der Waals surface area contributed by atoms with Gasteiger partial charge in [0, 0.05) is 0 Å². The largest absolute Gasteiger partial charge is 0.467 e. The van der Waals surface area contributed by atoms with E-state index in [1.165, 1.54) is 7.11 Å². The van der Waals surface area contributed by atoms with Gasteiger partial charge in [-0.2, -0.15) is 0 Å². The Balaban J connectivity index is 1.77. The fourth-order valence-electron chi connectivity index (χ4n) is 3.20. The van der Waals surface area contributed by atoms with Crippen molar-refractivity contribution in [3.05, 3.63) is 52.9 Å². The second-order valence-corrected chi connectivity index (χ2v) is 6.85. The number of furan rings is 1. The van der Waals surface area contributed by atoms with Crippen molar-refractivity contribution < 1.29 is 13.9 Å². The normalized spacial score (nSPS) is 15.6. The van der Waals surface area contributed by atoms with Crippen LogP contribution < -0.4 is 10.6 Å². The van der Waals surface area contributed by atoms with Crippen LogP contribution in [0.1, 0.15) is 41.8 Å². The topological polar surface area (TPSA) is 63.5 Å². The number of hydrogen-bond donors (Lipinski definition) is 2. The van der Waals surface area contributed by atoms with Gasteiger partial charge in [0.2, 0.25) is 0 Å². The van der Waals surface area contributed by atoms with E-state index in [1.54, 1.807) is 24.5 Å². The van der Waals surface area contributed by atoms with E-state index in [1.807, 2.05) is 12.1 Å². The van der Waals surface area contributed by atoms with E-state index in [-0.39, 0.29) is 5.54 Å². The minimum Gasteiger partial charge on any atom is -0.467 e. The quantitative estimate of drug-likeness (QED) is 0.604. The molecule has 0 amide bonds. The van der Waals surface area contributed by atoms with Gasteiger partial charge in [-0.25, -0.2) is 4.79 Å². The predicted octanol–water partition coefficient (Wildman–Crippen LogP) is 4.48. The number of esters is 1. The number of nitrogens with one attached hydrogen (secondary N) is 2. The molecule has 3 rings (SSSR count). The van der Waals surface area contributed by atoms with E-state index >= 15 is 0 Å². The molecule has 2 N–H and O–H groups in total. The van der Waals surface area contributed by atoms with Crippen LogP contribution in [0.2, 0.25) is 5.02 Å². The summed E-state index contributed by atoms with van der Waals surface area (Å²) in [6, 6.07) is 8.71. The van der Waals surface area contributed by atoms with Crippen molar-refractivity contribution in [1.82, 2.24) is 5.32 Å². The monoisotopic (exact) mass is 378 g/mol. The van der Waals surface area contributed by atoms with Gasteiger partial charge in [0.15, 0.2) is 5.11 Å². The molecule has 7 heteroatoms. The Labute approximate surface area is 156 Å². The fourth-order valence-corrected chi connectivity index (χ4v) is 3.67. The number of methoxy groups -OCH3 is 1. The van der Waals surface area contributed by atoms with Crippen molar-refractivity contribution in [2.45, 2.75) is 31.2 Å². The first kappa shape index (κ1) is 17.8. The summed E-state index contributed by atoms with van der Waals surface area (Å²) >= 11 is 11.7. The summed E-state index contributed by atoms with van der Waals surface area (Å²) < 4.78 is 10.4. The third-order valence-electron chi connectivity index (χ3n) is 4.44. The van der Waals surface area contributed by atoms with E-state index in [0.29, 0.717) is 21.4 Å². The lowest BCUT2D eigenvalue weighted by molar-refractivity contribution is 0.0601. The molecule has 1 aromatic heterocycles. The predicted molar refractivity (Wildman–Crippen MR) is 101 cm³/mol. The molecule has 0 spiro atoms. The Kier molecular flexibility index (Phi) is 5.30. The second-order valence-electron chi connectivity index (χ2n) is 6.03. The van der Waals surface area contributed by atoms with Crippen molar-refractivity contribution in [2.24, 2.45) is 0 Å². The van der Waals surface area contributed by atoms with Crippen LogP contribution in [0.5, 0.6) is 0 Å². The first-order valence-corrected chi connectivity index (χ1v) is 8.84. The molecule has 0 atom stereocenters. The summed E-state index contributed by atoms with van der Waals surface area (Å²) in [7, 11) is 1.34. The zero-order valence-corrected chi connectivity index (χ0v) is 15.4. The van der Waals surface area contributed by atoms with Gasteiger partial charge in [-0.1, -0.05) is 24.4 Å². The summed E-state index contributed by atoms with van der Waals surface area (Å²) in [4.78, 5) is 11.7. The van der Waals surface area contributed by atoms with Crippen LogP contribution in [0.25, 0.3) is 0 Å². The highest BCUT2D eigenvalue weighted by molar-refractivity contribution is 7.80. The Bertz CT molecular complexity index is 771. The maximum atomic E-state index is 11.7. The molecule has 132 valence electrons. The van der Waals surface area contributed by atoms with Gasteiger partial charge in [0.1, 0.15) is 5.76 Å². The zero-order chi connectivity index (χ0) is 17.9. The van der Waals surface area contributed by atoms with Gasteiger partial charge in [0.25, 0.3) is 0 Å². The van der Waals surface area contributed by atoms with Crippen molar-refractivity contribution in [2.75, 3.05) is 12.4 Å². The highest BCUT2D eigenvalue weighted by Crippen LogP contribution is 2.39. The summed E-state index contributed by atoms with van der Waals surface area (Å²) in [5.41, 5.74) is 0.647. The van der Waals surface area contributed by atoms with E-state index < -0.39 is 5.97 Å². The molecule has 5 nitrogen and oxygen atoms in total. The molecule has 0 unspecified atom stereocenters. The Morgan fingerprint density at radius 2 is 2.08 bits per heavy atom. The van der Waals surface area contributed by atoms with Gasteiger partial charge >= 0.3 is 5.97 Å². The molecule has 2 aromatic rings. The number of hydrogen-bond acceptors (Lipinski definition) is 4. The molecule has 1 aliphatic carbocycles. The minimum absolute atomic E-state index is 0.306. The van der Waals surface area contributed by atoms with Crippen LogP contribution in [0.4, 0.5) is 5.69 Å². The lowest BCUT2D eigenvalue weighted by Gasteiger charge is -2.30. The van der Waals surface area contributed by atoms with Crippen LogP contribution in [0, 0.1) is 0 Å². The summed E-state index contributed by atoms with van der Waals surface area (Å²) in [5.74, 6) is 0.449. The molecule has 1 aromatic carbocycles. The first-order chi connectivity index (χ1) is 12.0. The van der Waals surface area contributed by atoms with Crippen LogP contribution in [-0.4, -0.2) is 18.2 Å². The molecule has 25 heavy (non-hydrogen) atoms. The van der Waals surface area contributed by atoms with Gasteiger partial charge < -0.3 is 19.8 Å². The Morgan fingerprint density at radius 1 is 1.32 bits per heavy atom. The van der Waals surface area contributed by atoms with E-state index in [0.717, 1.165) is 31.4 Å². The highest BCUT2D eigenvalue weighted by atomic mass is 35.5. The van der Waals surface area contributed by atoms with Crippen molar-refractivity contribution >= 4 is 40.6 Å². The minimum atomic E-state index is -0.429. The van der Waals surface area contributed by atoms with Crippen molar-refractivity contribution in [3.8, 4) is 0 Å². The maximum Gasteiger partial charge on any atom is 0.337 e. The van der Waals surface area contributed by atoms with Gasteiger partial charge in [-0.3, -0.25) is 0 Å². The lowest BCUT2D eigenvalue weighted by atomic mass is 9.94. The lowest BCUT2D eigenvalue weighted by Crippen LogP contribution is -2.45. The van der Waals surface area contributed by atoms with Crippen molar-refractivity contribution in [3.63, 3.8) is 0 Å². The summed E-state index contributed by atoms with van der Waals surface area (Å²) in [5, 5.41) is 7.37. The molecule has 1 fully saturated rings. The van der Waals surface area contributed by atoms with E-state index in [2.05, 4.69) is 10.6 Å². The smallest absolute Gasteiger partial charge is 0.337 e. The van der Waals surface area contributed by atoms with Gasteiger partial charge in [-0.05, 0) is 55.4 Å². The highest BCUT2D eigenvalue weighted by Gasteiger charge is 2.38. The number of thiocarbonyl (C=S) groups is 1. The molecule has 0 radical (unpaired) electrons. The molecule has 1 heterocycles. The molecule has 0 bridgehead atoms. The second kappa shape index (κ2) is 7.45. The summed E-state index contributed by atoms with van der Waals surface area (Å²) in [6.07, 6.45) is 5.77. The van der Waals surface area contributed by atoms with Crippen LogP contribution in [0.3, 0.4) is 0 Å². The van der Waals surface area contributed by atoms with Gasteiger partial charge in [0.05, 0.1) is 35.2 Å². The number of anilines is 1. The SMILES string of the molecule is COC(=O)c1ccc(Cl)c(NC(=S)NC2(c3ccco3)CCCC2)c1. The zero-order valence-electron chi connectivity index (χ0n) is 13.8. The Morgan fingerprint density at radius 3 is 2.72 bits per heavy atom. The number of carbonyl (C=O) groups excluding carboxylic acids is 1.